The lowest BCUT2D eigenvalue weighted by Gasteiger charge is -2.30. The van der Waals surface area contributed by atoms with E-state index >= 15 is 0 Å². The Kier molecular flexibility index (Phi) is 10.5. The standard InChI is InChI=1S/C15H19NO.C14H17NO.C2H6/c1-4-15(17)16-9-8-12-6-5-7-13(11(2)3)14(12)10-16;1-4-14(16)15-8-11-6-5-7-12(10(2)3)13(11)9-15;1-2/h4-7,11H,1,8-10H2,2-3H3;4-7,10H,1,8-9H2,2-3H3;1-2H3. The molecule has 0 radical (unpaired) electrons. The Morgan fingerprint density at radius 2 is 1.20 bits per heavy atom. The van der Waals surface area contributed by atoms with Crippen molar-refractivity contribution in [2.45, 2.75) is 79.4 Å². The molecule has 2 aliphatic rings. The summed E-state index contributed by atoms with van der Waals surface area (Å²) in [7, 11) is 0. The van der Waals surface area contributed by atoms with E-state index in [0.717, 1.165) is 32.6 Å². The van der Waals surface area contributed by atoms with Crippen molar-refractivity contribution in [3.63, 3.8) is 0 Å². The molecule has 35 heavy (non-hydrogen) atoms. The van der Waals surface area contributed by atoms with Crippen molar-refractivity contribution in [2.24, 2.45) is 0 Å². The van der Waals surface area contributed by atoms with E-state index in [1.54, 1.807) is 0 Å². The van der Waals surface area contributed by atoms with Gasteiger partial charge >= 0.3 is 0 Å². The van der Waals surface area contributed by atoms with E-state index in [2.05, 4.69) is 77.3 Å². The van der Waals surface area contributed by atoms with Crippen LogP contribution in [0.25, 0.3) is 0 Å². The van der Waals surface area contributed by atoms with E-state index in [1.165, 1.54) is 45.5 Å². The van der Waals surface area contributed by atoms with Gasteiger partial charge in [-0.15, -0.1) is 0 Å². The molecule has 2 amide bonds. The van der Waals surface area contributed by atoms with Crippen LogP contribution in [0.15, 0.2) is 61.7 Å². The van der Waals surface area contributed by atoms with Crippen molar-refractivity contribution < 1.29 is 9.59 Å². The van der Waals surface area contributed by atoms with Crippen LogP contribution in [0.5, 0.6) is 0 Å². The van der Waals surface area contributed by atoms with Crippen molar-refractivity contribution in [3.05, 3.63) is 95.1 Å². The molecule has 0 saturated carbocycles. The molecule has 4 heteroatoms. The Morgan fingerprint density at radius 3 is 1.71 bits per heavy atom. The molecule has 2 aromatic carbocycles. The normalized spacial score (nSPS) is 13.7. The zero-order chi connectivity index (χ0) is 26.1. The number of hydrogen-bond donors (Lipinski definition) is 0. The molecule has 188 valence electrons. The van der Waals surface area contributed by atoms with E-state index in [9.17, 15) is 9.59 Å². The van der Waals surface area contributed by atoms with Gasteiger partial charge in [-0.25, -0.2) is 0 Å². The van der Waals surface area contributed by atoms with Gasteiger partial charge in [0.1, 0.15) is 0 Å². The highest BCUT2D eigenvalue weighted by molar-refractivity contribution is 5.87. The molecule has 0 aromatic heterocycles. The van der Waals surface area contributed by atoms with Gasteiger partial charge in [0.25, 0.3) is 0 Å². The van der Waals surface area contributed by atoms with E-state index in [4.69, 9.17) is 0 Å². The predicted octanol–water partition coefficient (Wildman–Crippen LogP) is 6.75. The largest absolute Gasteiger partial charge is 0.334 e. The van der Waals surface area contributed by atoms with Crippen LogP contribution >= 0.6 is 0 Å². The van der Waals surface area contributed by atoms with Gasteiger partial charge in [0.2, 0.25) is 11.8 Å². The Bertz CT molecular complexity index is 1050. The molecule has 0 bridgehead atoms. The lowest BCUT2D eigenvalue weighted by Crippen LogP contribution is -2.35. The Morgan fingerprint density at radius 1 is 0.743 bits per heavy atom. The van der Waals surface area contributed by atoms with Gasteiger partial charge in [-0.1, -0.05) is 91.1 Å². The molecule has 4 rings (SSSR count). The summed E-state index contributed by atoms with van der Waals surface area (Å²) in [6.45, 7) is 22.9. The first-order valence-corrected chi connectivity index (χ1v) is 12.8. The van der Waals surface area contributed by atoms with Crippen molar-refractivity contribution in [3.8, 4) is 0 Å². The quantitative estimate of drug-likeness (QED) is 0.460. The van der Waals surface area contributed by atoms with Crippen LogP contribution in [-0.4, -0.2) is 28.2 Å². The third-order valence-electron chi connectivity index (χ3n) is 6.55. The first-order chi connectivity index (χ1) is 16.8. The first-order valence-electron chi connectivity index (χ1n) is 12.8. The van der Waals surface area contributed by atoms with Crippen molar-refractivity contribution in [1.82, 2.24) is 9.80 Å². The number of carbonyl (C=O) groups is 2. The van der Waals surface area contributed by atoms with Crippen LogP contribution in [0.3, 0.4) is 0 Å². The van der Waals surface area contributed by atoms with Gasteiger partial charge in [-0.05, 0) is 63.8 Å². The average Bonchev–Trinajstić information content (AvgIpc) is 3.33. The lowest BCUT2D eigenvalue weighted by molar-refractivity contribution is -0.127. The molecule has 4 nitrogen and oxygen atoms in total. The summed E-state index contributed by atoms with van der Waals surface area (Å²) in [5, 5.41) is 0. The fourth-order valence-corrected chi connectivity index (χ4v) is 4.74. The van der Waals surface area contributed by atoms with Gasteiger partial charge in [0.05, 0.1) is 0 Å². The van der Waals surface area contributed by atoms with E-state index in [0.29, 0.717) is 11.8 Å². The maximum Gasteiger partial charge on any atom is 0.246 e. The molecule has 0 N–H and O–H groups in total. The summed E-state index contributed by atoms with van der Waals surface area (Å²) in [5.41, 5.74) is 8.06. The number of hydrogen-bond acceptors (Lipinski definition) is 2. The van der Waals surface area contributed by atoms with Crippen molar-refractivity contribution >= 4 is 11.8 Å². The molecule has 0 fully saturated rings. The van der Waals surface area contributed by atoms with Gasteiger partial charge in [-0.3, -0.25) is 9.59 Å². The van der Waals surface area contributed by atoms with Crippen LogP contribution in [-0.2, 0) is 35.6 Å². The van der Waals surface area contributed by atoms with Gasteiger partial charge < -0.3 is 9.80 Å². The highest BCUT2D eigenvalue weighted by atomic mass is 16.2. The maximum atomic E-state index is 11.7. The van der Waals surface area contributed by atoms with Crippen LogP contribution < -0.4 is 0 Å². The second kappa shape index (κ2) is 13.1. The summed E-state index contributed by atoms with van der Waals surface area (Å²) in [6, 6.07) is 12.8. The smallest absolute Gasteiger partial charge is 0.246 e. The summed E-state index contributed by atoms with van der Waals surface area (Å²) < 4.78 is 0. The maximum absolute atomic E-state index is 11.7. The molecule has 2 aliphatic heterocycles. The zero-order valence-electron chi connectivity index (χ0n) is 22.4. The van der Waals surface area contributed by atoms with Crippen LogP contribution in [0.4, 0.5) is 0 Å². The van der Waals surface area contributed by atoms with Crippen LogP contribution in [0.2, 0.25) is 0 Å². The lowest BCUT2D eigenvalue weighted by atomic mass is 9.89. The van der Waals surface area contributed by atoms with E-state index < -0.39 is 0 Å². The van der Waals surface area contributed by atoms with Crippen LogP contribution in [0.1, 0.15) is 86.8 Å². The molecule has 0 aliphatic carbocycles. The van der Waals surface area contributed by atoms with Gasteiger partial charge in [0, 0.05) is 26.2 Å². The van der Waals surface area contributed by atoms with Crippen LogP contribution in [0, 0.1) is 0 Å². The number of carbonyl (C=O) groups excluding carboxylic acids is 2. The second-order valence-corrected chi connectivity index (χ2v) is 9.39. The average molecular weight is 475 g/mol. The summed E-state index contributed by atoms with van der Waals surface area (Å²) in [6.07, 6.45) is 3.75. The minimum Gasteiger partial charge on any atom is -0.334 e. The monoisotopic (exact) mass is 474 g/mol. The van der Waals surface area contributed by atoms with Crippen molar-refractivity contribution in [2.75, 3.05) is 6.54 Å². The Balaban J connectivity index is 0.000000231. The first kappa shape index (κ1) is 28.1. The van der Waals surface area contributed by atoms with Crippen molar-refractivity contribution in [1.29, 1.82) is 0 Å². The Hall–Kier alpha value is -3.14. The minimum absolute atomic E-state index is 0.0194. The third kappa shape index (κ3) is 6.72. The predicted molar refractivity (Wildman–Crippen MR) is 146 cm³/mol. The third-order valence-corrected chi connectivity index (χ3v) is 6.55. The minimum atomic E-state index is 0.0194. The molecule has 0 spiro atoms. The summed E-state index contributed by atoms with van der Waals surface area (Å²) in [4.78, 5) is 27.0. The number of amides is 2. The molecular formula is C31H42N2O2. The van der Waals surface area contributed by atoms with E-state index in [-0.39, 0.29) is 11.8 Å². The zero-order valence-corrected chi connectivity index (χ0v) is 22.4. The number of rotatable bonds is 4. The molecule has 0 atom stereocenters. The molecule has 0 unspecified atom stereocenters. The second-order valence-electron chi connectivity index (χ2n) is 9.39. The summed E-state index contributed by atoms with van der Waals surface area (Å²) in [5.74, 6) is 1.07. The fourth-order valence-electron chi connectivity index (χ4n) is 4.74. The van der Waals surface area contributed by atoms with E-state index in [1.807, 2.05) is 23.6 Å². The fraction of sp³-hybridized carbons (Fsp3) is 0.419. The highest BCUT2D eigenvalue weighted by Gasteiger charge is 2.24. The molecule has 2 heterocycles. The van der Waals surface area contributed by atoms with Gasteiger partial charge in [0.15, 0.2) is 0 Å². The molecular weight excluding hydrogens is 432 g/mol. The molecule has 2 aromatic rings. The number of benzene rings is 2. The number of nitrogens with zero attached hydrogens (tertiary/aromatic N) is 2. The highest BCUT2D eigenvalue weighted by Crippen LogP contribution is 2.30. The SMILES string of the molecule is C=CC(=O)N1CCc2cccc(C(C)C)c2C1.C=CC(=O)N1Cc2cccc(C(C)C)c2C1.CC. The van der Waals surface area contributed by atoms with Gasteiger partial charge in [-0.2, -0.15) is 0 Å². The molecule has 0 saturated heterocycles. The topological polar surface area (TPSA) is 40.6 Å². The number of fused-ring (bicyclic) bond motifs is 2. The summed E-state index contributed by atoms with van der Waals surface area (Å²) >= 11 is 0. The Labute approximate surface area is 212 Å².